The van der Waals surface area contributed by atoms with E-state index in [-0.39, 0.29) is 19.5 Å². The maximum Gasteiger partial charge on any atom is 0.188 e. The molecule has 0 aliphatic rings. The van der Waals surface area contributed by atoms with Gasteiger partial charge in [0.05, 0.1) is 18.8 Å². The van der Waals surface area contributed by atoms with Crippen molar-refractivity contribution in [3.8, 4) is 17.2 Å². The third kappa shape index (κ3) is 7.38. The second-order valence-corrected chi connectivity index (χ2v) is 7.34. The molecule has 29 heavy (non-hydrogen) atoms. The number of aliphatic hydroxyl groups excluding tert-OH is 1. The summed E-state index contributed by atoms with van der Waals surface area (Å²) >= 11 is 0. The number of rotatable bonds is 13. The Balaban J connectivity index is 3.60. The summed E-state index contributed by atoms with van der Waals surface area (Å²) < 4.78 is 27.5. The van der Waals surface area contributed by atoms with Crippen molar-refractivity contribution in [3.05, 3.63) is 41.0 Å². The minimum absolute atomic E-state index is 0.0370. The predicted molar refractivity (Wildman–Crippen MR) is 115 cm³/mol. The normalized spacial score (nSPS) is 12.8. The molecule has 0 heterocycles. The fourth-order valence-electron chi connectivity index (χ4n) is 3.05. The van der Waals surface area contributed by atoms with E-state index in [9.17, 15) is 5.11 Å². The molecule has 1 rings (SSSR count). The van der Waals surface area contributed by atoms with Gasteiger partial charge in [-0.2, -0.15) is 0 Å². The van der Waals surface area contributed by atoms with Gasteiger partial charge in [-0.25, -0.2) is 0 Å². The van der Waals surface area contributed by atoms with Gasteiger partial charge in [-0.1, -0.05) is 23.8 Å². The number of aliphatic hydroxyl groups is 1. The van der Waals surface area contributed by atoms with Crippen LogP contribution in [0.15, 0.2) is 29.9 Å². The summed E-state index contributed by atoms with van der Waals surface area (Å²) in [6.07, 6.45) is 2.87. The molecular formula is C23H36O6. The highest BCUT2D eigenvalue weighted by Crippen LogP contribution is 2.44. The molecule has 2 atom stereocenters. The molecule has 0 amide bonds. The molecule has 0 spiro atoms. The van der Waals surface area contributed by atoms with Gasteiger partial charge in [-0.05, 0) is 46.5 Å². The van der Waals surface area contributed by atoms with Gasteiger partial charge in [0.25, 0.3) is 0 Å². The Morgan fingerprint density at radius 1 is 1.07 bits per heavy atom. The zero-order valence-electron chi connectivity index (χ0n) is 18.8. The van der Waals surface area contributed by atoms with E-state index in [2.05, 4.69) is 26.5 Å². The van der Waals surface area contributed by atoms with Crippen molar-refractivity contribution in [2.75, 3.05) is 34.9 Å². The van der Waals surface area contributed by atoms with E-state index in [1.165, 1.54) is 5.57 Å². The van der Waals surface area contributed by atoms with Crippen LogP contribution in [0.25, 0.3) is 0 Å². The Labute approximate surface area is 175 Å². The molecule has 0 radical (unpaired) electrons. The summed E-state index contributed by atoms with van der Waals surface area (Å²) in [7, 11) is 4.66. The molecule has 164 valence electrons. The zero-order chi connectivity index (χ0) is 22.0. The van der Waals surface area contributed by atoms with Crippen LogP contribution < -0.4 is 14.2 Å². The first-order valence-corrected chi connectivity index (χ1v) is 9.70. The van der Waals surface area contributed by atoms with Crippen LogP contribution in [0, 0.1) is 5.92 Å². The number of allylic oxidation sites excluding steroid dienone is 3. The second-order valence-electron chi connectivity index (χ2n) is 7.34. The van der Waals surface area contributed by atoms with Crippen LogP contribution in [0.5, 0.6) is 17.2 Å². The Kier molecular flexibility index (Phi) is 10.8. The highest BCUT2D eigenvalue weighted by atomic mass is 16.7. The van der Waals surface area contributed by atoms with Gasteiger partial charge >= 0.3 is 0 Å². The van der Waals surface area contributed by atoms with Gasteiger partial charge in [0.15, 0.2) is 13.6 Å². The average Bonchev–Trinajstić information content (AvgIpc) is 2.67. The fraction of sp³-hybridized carbons (Fsp3) is 0.565. The molecule has 0 fully saturated rings. The number of methoxy groups -OCH3 is 3. The lowest BCUT2D eigenvalue weighted by molar-refractivity contribution is 0.0421. The first-order valence-electron chi connectivity index (χ1n) is 9.70. The minimum Gasteiger partial charge on any atom is -0.496 e. The van der Waals surface area contributed by atoms with Crippen LogP contribution in [0.1, 0.15) is 51.3 Å². The molecule has 6 nitrogen and oxygen atoms in total. The summed E-state index contributed by atoms with van der Waals surface area (Å²) in [6, 6.07) is 1.77. The Bertz CT molecular complexity index is 689. The SMILES string of the molecule is C=C(C)C(CC=C(C)C)Cc1c(OCOC)cc(OC)c(C(C)O)c1OCOC. The van der Waals surface area contributed by atoms with E-state index < -0.39 is 6.10 Å². The van der Waals surface area contributed by atoms with E-state index in [1.54, 1.807) is 34.3 Å². The molecule has 2 unspecified atom stereocenters. The summed E-state index contributed by atoms with van der Waals surface area (Å²) in [6.45, 7) is 12.1. The van der Waals surface area contributed by atoms with Crippen LogP contribution in [-0.2, 0) is 15.9 Å². The Morgan fingerprint density at radius 3 is 2.17 bits per heavy atom. The van der Waals surface area contributed by atoms with Crippen molar-refractivity contribution >= 4 is 0 Å². The van der Waals surface area contributed by atoms with Gasteiger partial charge in [0, 0.05) is 25.8 Å². The highest BCUT2D eigenvalue weighted by molar-refractivity contribution is 5.58. The molecule has 0 saturated heterocycles. The Hall–Kier alpha value is -2.02. The summed E-state index contributed by atoms with van der Waals surface area (Å²) in [4.78, 5) is 0. The van der Waals surface area contributed by atoms with E-state index in [0.717, 1.165) is 17.6 Å². The van der Waals surface area contributed by atoms with Gasteiger partial charge in [0.2, 0.25) is 0 Å². The molecule has 0 aliphatic carbocycles. The van der Waals surface area contributed by atoms with Gasteiger partial charge < -0.3 is 28.8 Å². The van der Waals surface area contributed by atoms with Crippen molar-refractivity contribution in [2.24, 2.45) is 5.92 Å². The van der Waals surface area contributed by atoms with E-state index in [4.69, 9.17) is 23.7 Å². The van der Waals surface area contributed by atoms with Gasteiger partial charge in [-0.3, -0.25) is 0 Å². The molecular weight excluding hydrogens is 372 g/mol. The van der Waals surface area contributed by atoms with E-state index >= 15 is 0 Å². The van der Waals surface area contributed by atoms with Crippen molar-refractivity contribution in [1.82, 2.24) is 0 Å². The Morgan fingerprint density at radius 2 is 1.69 bits per heavy atom. The standard InChI is InChI=1S/C23H36O6/c1-15(2)9-10-18(16(3)4)11-19-20(28-13-25-6)12-21(27-8)22(17(5)24)23(19)29-14-26-7/h9,12,17-18,24H,3,10-11,13-14H2,1-2,4-8H3. The molecule has 0 bridgehead atoms. The molecule has 1 N–H and O–H groups in total. The van der Waals surface area contributed by atoms with Crippen LogP contribution in [0.3, 0.4) is 0 Å². The lowest BCUT2D eigenvalue weighted by Crippen LogP contribution is -2.14. The first-order chi connectivity index (χ1) is 13.8. The predicted octanol–water partition coefficient (Wildman–Crippen LogP) is 4.81. The van der Waals surface area contributed by atoms with E-state index in [1.807, 2.05) is 6.92 Å². The quantitative estimate of drug-likeness (QED) is 0.373. The summed E-state index contributed by atoms with van der Waals surface area (Å²) in [5.74, 6) is 1.76. The maximum absolute atomic E-state index is 10.4. The molecule has 1 aromatic carbocycles. The number of hydrogen-bond acceptors (Lipinski definition) is 6. The molecule has 0 saturated carbocycles. The average molecular weight is 409 g/mol. The monoisotopic (exact) mass is 408 g/mol. The van der Waals surface area contributed by atoms with Crippen molar-refractivity contribution in [3.63, 3.8) is 0 Å². The number of benzene rings is 1. The molecule has 0 aromatic heterocycles. The van der Waals surface area contributed by atoms with Crippen molar-refractivity contribution in [1.29, 1.82) is 0 Å². The first kappa shape index (κ1) is 25.0. The lowest BCUT2D eigenvalue weighted by atomic mass is 9.87. The van der Waals surface area contributed by atoms with Crippen molar-refractivity contribution in [2.45, 2.75) is 46.6 Å². The van der Waals surface area contributed by atoms with E-state index in [0.29, 0.717) is 29.2 Å². The largest absolute Gasteiger partial charge is 0.496 e. The van der Waals surface area contributed by atoms with Crippen LogP contribution in [0.2, 0.25) is 0 Å². The summed E-state index contributed by atoms with van der Waals surface area (Å²) in [5, 5.41) is 10.4. The van der Waals surface area contributed by atoms with Crippen LogP contribution in [0.4, 0.5) is 0 Å². The molecule has 1 aromatic rings. The van der Waals surface area contributed by atoms with Gasteiger partial charge in [-0.15, -0.1) is 0 Å². The number of hydrogen-bond donors (Lipinski definition) is 1. The van der Waals surface area contributed by atoms with Gasteiger partial charge in [0.1, 0.15) is 17.2 Å². The minimum atomic E-state index is -0.798. The maximum atomic E-state index is 10.4. The van der Waals surface area contributed by atoms with Crippen molar-refractivity contribution < 1.29 is 28.8 Å². The smallest absolute Gasteiger partial charge is 0.188 e. The third-order valence-electron chi connectivity index (χ3n) is 4.59. The summed E-state index contributed by atoms with van der Waals surface area (Å²) in [5.41, 5.74) is 3.70. The highest BCUT2D eigenvalue weighted by Gasteiger charge is 2.26. The second kappa shape index (κ2) is 12.5. The number of ether oxygens (including phenoxy) is 5. The fourth-order valence-corrected chi connectivity index (χ4v) is 3.05. The van der Waals surface area contributed by atoms with Crippen LogP contribution >= 0.6 is 0 Å². The zero-order valence-corrected chi connectivity index (χ0v) is 18.8. The lowest BCUT2D eigenvalue weighted by Gasteiger charge is -2.25. The third-order valence-corrected chi connectivity index (χ3v) is 4.59. The topological polar surface area (TPSA) is 66.4 Å². The molecule has 0 aliphatic heterocycles. The van der Waals surface area contributed by atoms with Crippen LogP contribution in [-0.4, -0.2) is 40.0 Å². The molecule has 6 heteroatoms.